The molecule has 3 nitrogen and oxygen atoms in total. The van der Waals surface area contributed by atoms with Gasteiger partial charge in [0.2, 0.25) is 5.91 Å². The summed E-state index contributed by atoms with van der Waals surface area (Å²) in [4.78, 5) is 14.2. The summed E-state index contributed by atoms with van der Waals surface area (Å²) < 4.78 is 14.0. The molecule has 2 aromatic rings. The number of benzene rings is 2. The van der Waals surface area contributed by atoms with Crippen molar-refractivity contribution in [2.45, 2.75) is 18.9 Å². The van der Waals surface area contributed by atoms with Crippen molar-refractivity contribution >= 4 is 33.6 Å². The largest absolute Gasteiger partial charge is 0.382 e. The number of hydrogen-bond donors (Lipinski definition) is 1. The molecule has 0 atom stereocenters. The van der Waals surface area contributed by atoms with E-state index in [-0.39, 0.29) is 11.7 Å². The molecule has 0 radical (unpaired) electrons. The van der Waals surface area contributed by atoms with Gasteiger partial charge in [0.25, 0.3) is 0 Å². The molecule has 1 heterocycles. The number of rotatable bonds is 4. The molecule has 1 amide bonds. The lowest BCUT2D eigenvalue weighted by Gasteiger charge is -2.32. The van der Waals surface area contributed by atoms with Gasteiger partial charge >= 0.3 is 0 Å². The third-order valence-electron chi connectivity index (χ3n) is 4.31. The van der Waals surface area contributed by atoms with Crippen molar-refractivity contribution in [3.63, 3.8) is 0 Å². The standard InChI is InChI=1S/C20H20BrFN2O/c21-16-4-1-15(2-5-16)3-10-20(25)24-13-11-19(12-14-24)23-18-8-6-17(22)7-9-18/h1-10,19,23H,11-14H2/b10-3+. The molecular formula is C20H20BrFN2O. The SMILES string of the molecule is O=C(/C=C/c1ccc(Br)cc1)N1CCC(Nc2ccc(F)cc2)CC1. The number of anilines is 1. The zero-order valence-corrected chi connectivity index (χ0v) is 15.4. The maximum atomic E-state index is 12.9. The Hall–Kier alpha value is -2.14. The number of piperidine rings is 1. The average molecular weight is 403 g/mol. The van der Waals surface area contributed by atoms with Crippen LogP contribution in [0.5, 0.6) is 0 Å². The van der Waals surface area contributed by atoms with Crippen LogP contribution in [0.15, 0.2) is 59.1 Å². The Kier molecular flexibility index (Phi) is 5.87. The van der Waals surface area contributed by atoms with Crippen LogP contribution in [0.4, 0.5) is 10.1 Å². The van der Waals surface area contributed by atoms with Crippen LogP contribution in [0.3, 0.4) is 0 Å². The third kappa shape index (κ3) is 5.16. The maximum Gasteiger partial charge on any atom is 0.246 e. The van der Waals surface area contributed by atoms with Gasteiger partial charge in [-0.3, -0.25) is 4.79 Å². The first-order valence-corrected chi connectivity index (χ1v) is 9.14. The van der Waals surface area contributed by atoms with Crippen molar-refractivity contribution in [2.75, 3.05) is 18.4 Å². The zero-order chi connectivity index (χ0) is 17.6. The van der Waals surface area contributed by atoms with E-state index in [0.717, 1.165) is 41.7 Å². The number of amides is 1. The summed E-state index contributed by atoms with van der Waals surface area (Å²) in [5, 5.41) is 3.40. The summed E-state index contributed by atoms with van der Waals surface area (Å²) >= 11 is 3.40. The van der Waals surface area contributed by atoms with Crippen LogP contribution >= 0.6 is 15.9 Å². The summed E-state index contributed by atoms with van der Waals surface area (Å²) in [6, 6.07) is 14.5. The lowest BCUT2D eigenvalue weighted by molar-refractivity contribution is -0.126. The van der Waals surface area contributed by atoms with Crippen LogP contribution < -0.4 is 5.32 Å². The van der Waals surface area contributed by atoms with E-state index in [2.05, 4.69) is 21.2 Å². The van der Waals surface area contributed by atoms with E-state index in [0.29, 0.717) is 6.04 Å². The molecule has 1 N–H and O–H groups in total. The first kappa shape index (κ1) is 17.7. The van der Waals surface area contributed by atoms with Crippen LogP contribution in [-0.4, -0.2) is 29.9 Å². The lowest BCUT2D eigenvalue weighted by Crippen LogP contribution is -2.41. The van der Waals surface area contributed by atoms with Gasteiger partial charge in [-0.2, -0.15) is 0 Å². The first-order valence-electron chi connectivity index (χ1n) is 8.35. The highest BCUT2D eigenvalue weighted by atomic mass is 79.9. The second-order valence-electron chi connectivity index (χ2n) is 6.14. The summed E-state index contributed by atoms with van der Waals surface area (Å²) in [5.41, 5.74) is 1.92. The number of nitrogens with zero attached hydrogens (tertiary/aromatic N) is 1. The van der Waals surface area contributed by atoms with Gasteiger partial charge in [0, 0.05) is 35.4 Å². The Morgan fingerprint density at radius 3 is 2.36 bits per heavy atom. The Morgan fingerprint density at radius 2 is 1.72 bits per heavy atom. The van der Waals surface area contributed by atoms with Crippen LogP contribution in [0.1, 0.15) is 18.4 Å². The minimum atomic E-state index is -0.233. The molecule has 1 fully saturated rings. The van der Waals surface area contributed by atoms with E-state index in [1.165, 1.54) is 12.1 Å². The number of nitrogens with one attached hydrogen (secondary N) is 1. The molecule has 3 rings (SSSR count). The molecule has 0 saturated carbocycles. The first-order chi connectivity index (χ1) is 12.1. The smallest absolute Gasteiger partial charge is 0.246 e. The Morgan fingerprint density at radius 1 is 1.08 bits per heavy atom. The predicted molar refractivity (Wildman–Crippen MR) is 103 cm³/mol. The van der Waals surface area contributed by atoms with Gasteiger partial charge in [0.1, 0.15) is 5.82 Å². The normalized spacial score (nSPS) is 15.5. The van der Waals surface area contributed by atoms with Crippen molar-refractivity contribution in [1.29, 1.82) is 0 Å². The number of carbonyl (C=O) groups is 1. The van der Waals surface area contributed by atoms with Gasteiger partial charge in [0.05, 0.1) is 0 Å². The van der Waals surface area contributed by atoms with Crippen LogP contribution in [-0.2, 0) is 4.79 Å². The Balaban J connectivity index is 1.48. The second kappa shape index (κ2) is 8.30. The van der Waals surface area contributed by atoms with E-state index in [9.17, 15) is 9.18 Å². The quantitative estimate of drug-likeness (QED) is 0.751. The lowest BCUT2D eigenvalue weighted by atomic mass is 10.0. The second-order valence-corrected chi connectivity index (χ2v) is 7.05. The zero-order valence-electron chi connectivity index (χ0n) is 13.8. The molecule has 0 unspecified atom stereocenters. The summed E-state index contributed by atoms with van der Waals surface area (Å²) in [7, 11) is 0. The van der Waals surface area contributed by atoms with Gasteiger partial charge < -0.3 is 10.2 Å². The average Bonchev–Trinajstić information content (AvgIpc) is 2.63. The van der Waals surface area contributed by atoms with Crippen molar-refractivity contribution in [3.8, 4) is 0 Å². The summed E-state index contributed by atoms with van der Waals surface area (Å²) in [6.45, 7) is 1.45. The highest BCUT2D eigenvalue weighted by Gasteiger charge is 2.21. The number of halogens is 2. The highest BCUT2D eigenvalue weighted by molar-refractivity contribution is 9.10. The predicted octanol–water partition coefficient (Wildman–Crippen LogP) is 4.70. The van der Waals surface area contributed by atoms with E-state index >= 15 is 0 Å². The van der Waals surface area contributed by atoms with Gasteiger partial charge in [-0.15, -0.1) is 0 Å². The fourth-order valence-electron chi connectivity index (χ4n) is 2.87. The molecule has 0 bridgehead atoms. The molecule has 5 heteroatoms. The van der Waals surface area contributed by atoms with Crippen LogP contribution in [0, 0.1) is 5.82 Å². The van der Waals surface area contributed by atoms with E-state index < -0.39 is 0 Å². The van der Waals surface area contributed by atoms with E-state index in [4.69, 9.17) is 0 Å². The fraction of sp³-hybridized carbons (Fsp3) is 0.250. The van der Waals surface area contributed by atoms with Crippen molar-refractivity contribution in [3.05, 3.63) is 70.5 Å². The van der Waals surface area contributed by atoms with Crippen LogP contribution in [0.2, 0.25) is 0 Å². The Labute approximate surface area is 155 Å². The molecule has 25 heavy (non-hydrogen) atoms. The molecule has 130 valence electrons. The molecule has 1 aliphatic heterocycles. The van der Waals surface area contributed by atoms with Crippen molar-refractivity contribution in [1.82, 2.24) is 4.90 Å². The molecule has 0 spiro atoms. The number of carbonyl (C=O) groups excluding carboxylic acids is 1. The molecule has 2 aromatic carbocycles. The molecule has 1 aliphatic rings. The van der Waals surface area contributed by atoms with Gasteiger partial charge in [0.15, 0.2) is 0 Å². The minimum Gasteiger partial charge on any atom is -0.382 e. The number of likely N-dealkylation sites (tertiary alicyclic amines) is 1. The minimum absolute atomic E-state index is 0.0446. The van der Waals surface area contributed by atoms with Crippen LogP contribution in [0.25, 0.3) is 6.08 Å². The Bertz CT molecular complexity index is 735. The molecule has 0 aromatic heterocycles. The van der Waals surface area contributed by atoms with Gasteiger partial charge in [-0.05, 0) is 60.9 Å². The van der Waals surface area contributed by atoms with Gasteiger partial charge in [-0.25, -0.2) is 4.39 Å². The van der Waals surface area contributed by atoms with E-state index in [1.54, 1.807) is 18.2 Å². The highest BCUT2D eigenvalue weighted by Crippen LogP contribution is 2.18. The monoisotopic (exact) mass is 402 g/mol. The van der Waals surface area contributed by atoms with E-state index in [1.807, 2.05) is 35.2 Å². The fourth-order valence-corrected chi connectivity index (χ4v) is 3.14. The summed E-state index contributed by atoms with van der Waals surface area (Å²) in [6.07, 6.45) is 5.25. The van der Waals surface area contributed by atoms with Crippen molar-refractivity contribution < 1.29 is 9.18 Å². The molecular weight excluding hydrogens is 383 g/mol. The molecule has 1 saturated heterocycles. The van der Waals surface area contributed by atoms with Crippen molar-refractivity contribution in [2.24, 2.45) is 0 Å². The summed E-state index contributed by atoms with van der Waals surface area (Å²) in [5.74, 6) is -0.188. The third-order valence-corrected chi connectivity index (χ3v) is 4.84. The number of hydrogen-bond acceptors (Lipinski definition) is 2. The topological polar surface area (TPSA) is 32.3 Å². The van der Waals surface area contributed by atoms with Gasteiger partial charge in [-0.1, -0.05) is 28.1 Å². The molecule has 0 aliphatic carbocycles. The maximum absolute atomic E-state index is 12.9.